The van der Waals surface area contributed by atoms with Crippen LogP contribution >= 0.6 is 0 Å². The van der Waals surface area contributed by atoms with E-state index in [0.717, 1.165) is 36.6 Å². The van der Waals surface area contributed by atoms with Crippen LogP contribution in [0.1, 0.15) is 19.1 Å². The summed E-state index contributed by atoms with van der Waals surface area (Å²) in [7, 11) is 1.65. The average molecular weight is 289 g/mol. The van der Waals surface area contributed by atoms with Gasteiger partial charge in [-0.15, -0.1) is 0 Å². The minimum Gasteiger partial charge on any atom is -0.493 e. The van der Waals surface area contributed by atoms with Crippen molar-refractivity contribution >= 4 is 0 Å². The molecular formula is C17H23NO3. The van der Waals surface area contributed by atoms with Crippen molar-refractivity contribution in [2.24, 2.45) is 0 Å². The van der Waals surface area contributed by atoms with Crippen LogP contribution in [0, 0.1) is 0 Å². The second kappa shape index (κ2) is 8.37. The summed E-state index contributed by atoms with van der Waals surface area (Å²) in [6.45, 7) is 3.59. The summed E-state index contributed by atoms with van der Waals surface area (Å²) in [5.74, 6) is 2.59. The SMILES string of the molecule is COc1ccccc1OCCNC(C)CCc1ccco1. The molecule has 0 amide bonds. The molecule has 4 heteroatoms. The molecule has 1 unspecified atom stereocenters. The summed E-state index contributed by atoms with van der Waals surface area (Å²) in [4.78, 5) is 0. The Balaban J connectivity index is 1.62. The Bertz CT molecular complexity index is 511. The van der Waals surface area contributed by atoms with Gasteiger partial charge in [0, 0.05) is 19.0 Å². The number of rotatable bonds is 9. The molecule has 21 heavy (non-hydrogen) atoms. The summed E-state index contributed by atoms with van der Waals surface area (Å²) in [5.41, 5.74) is 0. The largest absolute Gasteiger partial charge is 0.493 e. The van der Waals surface area contributed by atoms with Crippen LogP contribution in [-0.4, -0.2) is 26.3 Å². The van der Waals surface area contributed by atoms with E-state index in [0.29, 0.717) is 12.6 Å². The van der Waals surface area contributed by atoms with E-state index in [1.54, 1.807) is 13.4 Å². The van der Waals surface area contributed by atoms with Crippen molar-refractivity contribution in [3.8, 4) is 11.5 Å². The minimum absolute atomic E-state index is 0.427. The van der Waals surface area contributed by atoms with Crippen molar-refractivity contribution in [3.05, 3.63) is 48.4 Å². The van der Waals surface area contributed by atoms with Gasteiger partial charge in [0.15, 0.2) is 11.5 Å². The first-order chi connectivity index (χ1) is 10.3. The maximum absolute atomic E-state index is 5.72. The number of nitrogens with one attached hydrogen (secondary N) is 1. The van der Waals surface area contributed by atoms with Gasteiger partial charge in [-0.25, -0.2) is 0 Å². The smallest absolute Gasteiger partial charge is 0.161 e. The summed E-state index contributed by atoms with van der Waals surface area (Å²) in [6.07, 6.45) is 3.71. The van der Waals surface area contributed by atoms with Crippen LogP contribution in [-0.2, 0) is 6.42 Å². The number of hydrogen-bond donors (Lipinski definition) is 1. The van der Waals surface area contributed by atoms with Gasteiger partial charge in [0.25, 0.3) is 0 Å². The number of methoxy groups -OCH3 is 1. The molecule has 0 radical (unpaired) electrons. The fourth-order valence-corrected chi connectivity index (χ4v) is 2.12. The highest BCUT2D eigenvalue weighted by molar-refractivity contribution is 5.39. The third kappa shape index (κ3) is 5.16. The monoisotopic (exact) mass is 289 g/mol. The topological polar surface area (TPSA) is 43.6 Å². The van der Waals surface area contributed by atoms with E-state index in [1.165, 1.54) is 0 Å². The Morgan fingerprint density at radius 1 is 1.14 bits per heavy atom. The lowest BCUT2D eigenvalue weighted by Gasteiger charge is -2.14. The van der Waals surface area contributed by atoms with Crippen molar-refractivity contribution in [1.82, 2.24) is 5.32 Å². The Kier molecular flexibility index (Phi) is 6.16. The number of para-hydroxylation sites is 2. The second-order valence-electron chi connectivity index (χ2n) is 4.97. The van der Waals surface area contributed by atoms with Crippen LogP contribution in [0.15, 0.2) is 47.1 Å². The lowest BCUT2D eigenvalue weighted by Crippen LogP contribution is -2.30. The molecule has 4 nitrogen and oxygen atoms in total. The minimum atomic E-state index is 0.427. The van der Waals surface area contributed by atoms with Gasteiger partial charge >= 0.3 is 0 Å². The van der Waals surface area contributed by atoms with Crippen LogP contribution in [0.5, 0.6) is 11.5 Å². The lowest BCUT2D eigenvalue weighted by atomic mass is 10.1. The Morgan fingerprint density at radius 2 is 1.95 bits per heavy atom. The Labute approximate surface area is 126 Å². The molecule has 0 spiro atoms. The molecule has 1 aromatic heterocycles. The van der Waals surface area contributed by atoms with Crippen molar-refractivity contribution in [1.29, 1.82) is 0 Å². The third-order valence-electron chi connectivity index (χ3n) is 3.33. The van der Waals surface area contributed by atoms with Gasteiger partial charge in [-0.2, -0.15) is 0 Å². The number of benzene rings is 1. The van der Waals surface area contributed by atoms with Crippen LogP contribution in [0.25, 0.3) is 0 Å². The highest BCUT2D eigenvalue weighted by Gasteiger charge is 2.05. The van der Waals surface area contributed by atoms with E-state index >= 15 is 0 Å². The number of hydrogen-bond acceptors (Lipinski definition) is 4. The molecule has 2 rings (SSSR count). The molecule has 1 heterocycles. The predicted molar refractivity (Wildman–Crippen MR) is 83.0 cm³/mol. The molecule has 0 bridgehead atoms. The number of ether oxygens (including phenoxy) is 2. The molecule has 0 aliphatic heterocycles. The summed E-state index contributed by atoms with van der Waals surface area (Å²) >= 11 is 0. The van der Waals surface area contributed by atoms with Crippen molar-refractivity contribution in [2.45, 2.75) is 25.8 Å². The zero-order valence-corrected chi connectivity index (χ0v) is 12.7. The quantitative estimate of drug-likeness (QED) is 0.719. The molecule has 1 atom stereocenters. The molecule has 0 aliphatic carbocycles. The zero-order chi connectivity index (χ0) is 14.9. The van der Waals surface area contributed by atoms with E-state index in [1.807, 2.05) is 36.4 Å². The van der Waals surface area contributed by atoms with Gasteiger partial charge in [0.1, 0.15) is 12.4 Å². The first-order valence-electron chi connectivity index (χ1n) is 7.31. The maximum Gasteiger partial charge on any atom is 0.161 e. The van der Waals surface area contributed by atoms with Gasteiger partial charge in [-0.05, 0) is 37.6 Å². The van der Waals surface area contributed by atoms with Crippen molar-refractivity contribution in [3.63, 3.8) is 0 Å². The highest BCUT2D eigenvalue weighted by atomic mass is 16.5. The molecule has 0 fully saturated rings. The first kappa shape index (κ1) is 15.4. The molecular weight excluding hydrogens is 266 g/mol. The Hall–Kier alpha value is -1.94. The number of aryl methyl sites for hydroxylation is 1. The zero-order valence-electron chi connectivity index (χ0n) is 12.7. The van der Waals surface area contributed by atoms with E-state index < -0.39 is 0 Å². The third-order valence-corrected chi connectivity index (χ3v) is 3.33. The fourth-order valence-electron chi connectivity index (χ4n) is 2.12. The summed E-state index contributed by atoms with van der Waals surface area (Å²) in [6, 6.07) is 12.1. The second-order valence-corrected chi connectivity index (χ2v) is 4.97. The number of furan rings is 1. The van der Waals surface area contributed by atoms with Crippen LogP contribution in [0.4, 0.5) is 0 Å². The first-order valence-corrected chi connectivity index (χ1v) is 7.31. The summed E-state index contributed by atoms with van der Waals surface area (Å²) < 4.78 is 16.3. The van der Waals surface area contributed by atoms with Gasteiger partial charge in [-0.3, -0.25) is 0 Å². The van der Waals surface area contributed by atoms with E-state index in [2.05, 4.69) is 12.2 Å². The van der Waals surface area contributed by atoms with Crippen LogP contribution in [0.2, 0.25) is 0 Å². The highest BCUT2D eigenvalue weighted by Crippen LogP contribution is 2.25. The van der Waals surface area contributed by atoms with Gasteiger partial charge in [-0.1, -0.05) is 12.1 Å². The predicted octanol–water partition coefficient (Wildman–Crippen LogP) is 3.28. The van der Waals surface area contributed by atoms with Gasteiger partial charge < -0.3 is 19.2 Å². The van der Waals surface area contributed by atoms with E-state index in [-0.39, 0.29) is 0 Å². The molecule has 0 saturated carbocycles. The van der Waals surface area contributed by atoms with Crippen molar-refractivity contribution < 1.29 is 13.9 Å². The molecule has 1 N–H and O–H groups in total. The van der Waals surface area contributed by atoms with Gasteiger partial charge in [0.05, 0.1) is 13.4 Å². The summed E-state index contributed by atoms with van der Waals surface area (Å²) in [5, 5.41) is 3.45. The maximum atomic E-state index is 5.72. The van der Waals surface area contributed by atoms with E-state index in [4.69, 9.17) is 13.9 Å². The molecule has 0 aliphatic rings. The van der Waals surface area contributed by atoms with Crippen LogP contribution in [0.3, 0.4) is 0 Å². The van der Waals surface area contributed by atoms with E-state index in [9.17, 15) is 0 Å². The lowest BCUT2D eigenvalue weighted by molar-refractivity contribution is 0.285. The Morgan fingerprint density at radius 3 is 2.67 bits per heavy atom. The van der Waals surface area contributed by atoms with Gasteiger partial charge in [0.2, 0.25) is 0 Å². The molecule has 114 valence electrons. The standard InChI is InChI=1S/C17H23NO3/c1-14(9-10-15-6-5-12-20-15)18-11-13-21-17-8-4-3-7-16(17)19-2/h3-8,12,14,18H,9-11,13H2,1-2H3. The molecule has 2 aromatic rings. The fraction of sp³-hybridized carbons (Fsp3) is 0.412. The molecule has 0 saturated heterocycles. The van der Waals surface area contributed by atoms with Crippen molar-refractivity contribution in [2.75, 3.05) is 20.3 Å². The average Bonchev–Trinajstić information content (AvgIpc) is 3.03. The normalized spacial score (nSPS) is 12.1. The molecule has 1 aromatic carbocycles. The van der Waals surface area contributed by atoms with Crippen LogP contribution < -0.4 is 14.8 Å².